The van der Waals surface area contributed by atoms with Gasteiger partial charge in [0.05, 0.1) is 23.5 Å². The normalized spacial score (nSPS) is 22.5. The van der Waals surface area contributed by atoms with Crippen LogP contribution >= 0.6 is 23.2 Å². The predicted octanol–water partition coefficient (Wildman–Crippen LogP) is 7.15. The molecular formula is C31H34Cl2N2O4. The van der Waals surface area contributed by atoms with Crippen LogP contribution in [0.4, 0.5) is 0 Å². The fourth-order valence-corrected chi connectivity index (χ4v) is 5.89. The maximum Gasteiger partial charge on any atom is 0.303 e. The summed E-state index contributed by atoms with van der Waals surface area (Å²) in [5, 5.41) is 11.8. The molecule has 0 spiro atoms. The van der Waals surface area contributed by atoms with Crippen LogP contribution in [0.5, 0.6) is 0 Å². The lowest BCUT2D eigenvalue weighted by atomic mass is 9.73. The maximum atomic E-state index is 14.5. The summed E-state index contributed by atoms with van der Waals surface area (Å²) >= 11 is 12.7. The minimum atomic E-state index is -1.41. The van der Waals surface area contributed by atoms with Crippen molar-refractivity contribution in [2.75, 3.05) is 0 Å². The third kappa shape index (κ3) is 6.13. The number of aliphatic hydroxyl groups is 1. The van der Waals surface area contributed by atoms with E-state index in [4.69, 9.17) is 32.9 Å². The molecule has 1 aliphatic heterocycles. The third-order valence-corrected chi connectivity index (χ3v) is 7.78. The summed E-state index contributed by atoms with van der Waals surface area (Å²) in [6.45, 7) is 8.33. The smallest absolute Gasteiger partial charge is 0.303 e. The van der Waals surface area contributed by atoms with Crippen LogP contribution in [0.15, 0.2) is 66.7 Å². The summed E-state index contributed by atoms with van der Waals surface area (Å²) in [7, 11) is 0. The Morgan fingerprint density at radius 3 is 2.36 bits per heavy atom. The molecule has 1 amide bonds. The van der Waals surface area contributed by atoms with Crippen LogP contribution < -0.4 is 0 Å². The van der Waals surface area contributed by atoms with Crippen molar-refractivity contribution in [3.8, 4) is 0 Å². The van der Waals surface area contributed by atoms with E-state index in [1.54, 1.807) is 37.8 Å². The van der Waals surface area contributed by atoms with Gasteiger partial charge < -0.3 is 14.7 Å². The van der Waals surface area contributed by atoms with E-state index in [0.717, 1.165) is 11.1 Å². The molecule has 0 saturated carbocycles. The van der Waals surface area contributed by atoms with Crippen LogP contribution in [0.25, 0.3) is 0 Å². The second-order valence-corrected chi connectivity index (χ2v) is 11.7. The van der Waals surface area contributed by atoms with Gasteiger partial charge in [-0.05, 0) is 74.7 Å². The topological polar surface area (TPSA) is 79.7 Å². The fraction of sp³-hybridized carbons (Fsp3) is 0.387. The minimum absolute atomic E-state index is 0.265. The Morgan fingerprint density at radius 1 is 1.10 bits per heavy atom. The Balaban J connectivity index is 1.97. The number of hydrogen-bond acceptors (Lipinski definition) is 5. The van der Waals surface area contributed by atoms with E-state index in [2.05, 4.69) is 0 Å². The van der Waals surface area contributed by atoms with Crippen LogP contribution in [0, 0.1) is 0 Å². The van der Waals surface area contributed by atoms with Crippen molar-refractivity contribution in [2.24, 2.45) is 0 Å². The zero-order chi connectivity index (χ0) is 28.5. The largest absolute Gasteiger partial charge is 0.449 e. The predicted molar refractivity (Wildman–Crippen MR) is 153 cm³/mol. The zero-order valence-corrected chi connectivity index (χ0v) is 24.3. The number of piperidine rings is 1. The molecule has 1 N–H and O–H groups in total. The summed E-state index contributed by atoms with van der Waals surface area (Å²) in [4.78, 5) is 33.3. The van der Waals surface area contributed by atoms with Gasteiger partial charge in [0.2, 0.25) is 0 Å². The molecule has 1 aliphatic rings. The van der Waals surface area contributed by atoms with Gasteiger partial charge in [-0.15, -0.1) is 0 Å². The lowest BCUT2D eigenvalue weighted by Crippen LogP contribution is -2.58. The molecule has 3 aromatic rings. The number of hydrogen-bond donors (Lipinski definition) is 1. The number of aromatic nitrogens is 1. The van der Waals surface area contributed by atoms with Gasteiger partial charge in [0.15, 0.2) is 5.60 Å². The molecule has 1 aromatic heterocycles. The van der Waals surface area contributed by atoms with Crippen molar-refractivity contribution in [3.63, 3.8) is 0 Å². The monoisotopic (exact) mass is 568 g/mol. The number of carbonyl (C=O) groups excluding carboxylic acids is 2. The number of likely N-dealkylation sites (tertiary alicyclic amines) is 1. The summed E-state index contributed by atoms with van der Waals surface area (Å²) in [5.74, 6) is -1.10. The van der Waals surface area contributed by atoms with Gasteiger partial charge in [0.25, 0.3) is 5.91 Å². The van der Waals surface area contributed by atoms with E-state index in [1.165, 1.54) is 6.92 Å². The highest BCUT2D eigenvalue weighted by Crippen LogP contribution is 2.51. The van der Waals surface area contributed by atoms with E-state index in [-0.39, 0.29) is 18.2 Å². The van der Waals surface area contributed by atoms with Crippen LogP contribution in [-0.4, -0.2) is 32.5 Å². The quantitative estimate of drug-likeness (QED) is 0.306. The molecule has 206 valence electrons. The molecule has 0 bridgehead atoms. The molecular weight excluding hydrogens is 535 g/mol. The lowest BCUT2D eigenvalue weighted by Gasteiger charge is -2.51. The molecule has 0 unspecified atom stereocenters. The molecule has 1 fully saturated rings. The molecule has 4 rings (SSSR count). The molecule has 0 radical (unpaired) electrons. The van der Waals surface area contributed by atoms with Crippen molar-refractivity contribution in [1.29, 1.82) is 0 Å². The van der Waals surface area contributed by atoms with E-state index in [0.29, 0.717) is 27.9 Å². The number of nitrogens with zero attached hydrogens (tertiary/aromatic N) is 2. The second kappa shape index (κ2) is 11.3. The molecule has 2 aromatic carbocycles. The number of carbonyl (C=O) groups is 2. The number of rotatable bonds is 7. The molecule has 4 atom stereocenters. The van der Waals surface area contributed by atoms with E-state index in [1.807, 2.05) is 61.5 Å². The standard InChI is InChI=1S/C31H34Cl2N2O4/c1-6-26(25-11-8-12-27(34-25)30(3,4)38)35-28(20-13-15-22(32)16-14-20)24(21-9-7-10-23(33)17-21)18-31(5,29(35)37)39-19(2)36/h7-17,24,26,28,38H,6,18H2,1-5H3/t24-,26+,28-,31-/m1/s1. The molecule has 0 aliphatic carbocycles. The summed E-state index contributed by atoms with van der Waals surface area (Å²) in [5.41, 5.74) is 0.376. The van der Waals surface area contributed by atoms with Crippen LogP contribution in [0.2, 0.25) is 10.0 Å². The van der Waals surface area contributed by atoms with Crippen LogP contribution in [-0.2, 0) is 19.9 Å². The number of ether oxygens (including phenoxy) is 1. The van der Waals surface area contributed by atoms with Gasteiger partial charge in [-0.25, -0.2) is 0 Å². The average Bonchev–Trinajstić information content (AvgIpc) is 2.87. The van der Waals surface area contributed by atoms with Crippen molar-refractivity contribution in [1.82, 2.24) is 9.88 Å². The van der Waals surface area contributed by atoms with Crippen molar-refractivity contribution >= 4 is 35.1 Å². The SMILES string of the molecule is CC[C@@H](c1cccc(C(C)(C)O)n1)N1C(=O)[C@](C)(OC(C)=O)C[C@H](c2cccc(Cl)c2)[C@H]1c1ccc(Cl)cc1. The highest BCUT2D eigenvalue weighted by atomic mass is 35.5. The van der Waals surface area contributed by atoms with Gasteiger partial charge in [0, 0.05) is 29.3 Å². The fourth-order valence-electron chi connectivity index (χ4n) is 5.57. The summed E-state index contributed by atoms with van der Waals surface area (Å²) < 4.78 is 5.77. The first-order valence-electron chi connectivity index (χ1n) is 13.1. The van der Waals surface area contributed by atoms with Gasteiger partial charge in [-0.1, -0.05) is 60.5 Å². The van der Waals surface area contributed by atoms with Crippen molar-refractivity contribution in [2.45, 2.75) is 76.7 Å². The van der Waals surface area contributed by atoms with Crippen LogP contribution in [0.3, 0.4) is 0 Å². The Morgan fingerprint density at radius 2 is 1.77 bits per heavy atom. The molecule has 6 nitrogen and oxygen atoms in total. The Bertz CT molecular complexity index is 1360. The maximum absolute atomic E-state index is 14.5. The van der Waals surface area contributed by atoms with Gasteiger partial charge in [0.1, 0.15) is 5.60 Å². The number of pyridine rings is 1. The van der Waals surface area contributed by atoms with Crippen molar-refractivity contribution < 1.29 is 19.4 Å². The third-order valence-electron chi connectivity index (χ3n) is 7.30. The first kappa shape index (κ1) is 29.1. The lowest BCUT2D eigenvalue weighted by molar-refractivity contribution is -0.182. The highest BCUT2D eigenvalue weighted by molar-refractivity contribution is 6.30. The van der Waals surface area contributed by atoms with Crippen LogP contribution in [0.1, 0.15) is 88.0 Å². The summed E-state index contributed by atoms with van der Waals surface area (Å²) in [6, 6.07) is 19.6. The Hall–Kier alpha value is -2.93. The Labute approximate surface area is 239 Å². The van der Waals surface area contributed by atoms with Gasteiger partial charge in [-0.2, -0.15) is 0 Å². The molecule has 39 heavy (non-hydrogen) atoms. The first-order chi connectivity index (χ1) is 18.3. The van der Waals surface area contributed by atoms with Gasteiger partial charge in [-0.3, -0.25) is 14.6 Å². The van der Waals surface area contributed by atoms with E-state index >= 15 is 0 Å². The van der Waals surface area contributed by atoms with Gasteiger partial charge >= 0.3 is 5.97 Å². The Kier molecular flexibility index (Phi) is 8.41. The second-order valence-electron chi connectivity index (χ2n) is 10.8. The zero-order valence-electron chi connectivity index (χ0n) is 22.8. The number of halogens is 2. The number of esters is 1. The minimum Gasteiger partial charge on any atom is -0.449 e. The number of amides is 1. The van der Waals surface area contributed by atoms with E-state index < -0.39 is 29.3 Å². The molecule has 2 heterocycles. The first-order valence-corrected chi connectivity index (χ1v) is 13.8. The van der Waals surface area contributed by atoms with E-state index in [9.17, 15) is 14.7 Å². The number of benzene rings is 2. The molecule has 8 heteroatoms. The molecule has 1 saturated heterocycles. The summed E-state index contributed by atoms with van der Waals surface area (Å²) in [6.07, 6.45) is 0.805. The van der Waals surface area contributed by atoms with Crippen molar-refractivity contribution in [3.05, 3.63) is 99.3 Å². The highest BCUT2D eigenvalue weighted by Gasteiger charge is 2.54. The average molecular weight is 570 g/mol.